The molecule has 1 aliphatic carbocycles. The van der Waals surface area contributed by atoms with Crippen LogP contribution in [0.5, 0.6) is 0 Å². The van der Waals surface area contributed by atoms with Gasteiger partial charge in [0.15, 0.2) is 0 Å². The van der Waals surface area contributed by atoms with Gasteiger partial charge < -0.3 is 5.32 Å². The van der Waals surface area contributed by atoms with E-state index < -0.39 is 0 Å². The molecule has 0 saturated carbocycles. The average molecular weight is 271 g/mol. The Balaban J connectivity index is 2.15. The lowest BCUT2D eigenvalue weighted by atomic mass is 9.90. The molecular weight excluding hydrogens is 242 g/mol. The number of hydrogen-bond acceptors (Lipinski definition) is 1. The van der Waals surface area contributed by atoms with Crippen molar-refractivity contribution in [2.24, 2.45) is 0 Å². The first-order valence-electron chi connectivity index (χ1n) is 8.18. The molecule has 110 valence electrons. The van der Waals surface area contributed by atoms with Gasteiger partial charge in [-0.15, -0.1) is 0 Å². The molecule has 0 aromatic heterocycles. The molecule has 0 amide bonds. The zero-order valence-electron chi connectivity index (χ0n) is 13.3. The van der Waals surface area contributed by atoms with E-state index in [9.17, 15) is 0 Å². The van der Waals surface area contributed by atoms with Crippen LogP contribution in [0.1, 0.15) is 68.2 Å². The molecule has 20 heavy (non-hydrogen) atoms. The van der Waals surface area contributed by atoms with E-state index in [1.165, 1.54) is 55.2 Å². The monoisotopic (exact) mass is 271 g/mol. The minimum atomic E-state index is 0.484. The van der Waals surface area contributed by atoms with E-state index in [0.717, 1.165) is 6.54 Å². The van der Waals surface area contributed by atoms with Gasteiger partial charge >= 0.3 is 0 Å². The molecule has 0 bridgehead atoms. The first-order valence-corrected chi connectivity index (χ1v) is 8.18. The van der Waals surface area contributed by atoms with Crippen LogP contribution in [0.4, 0.5) is 0 Å². The van der Waals surface area contributed by atoms with Crippen molar-refractivity contribution in [3.05, 3.63) is 46.5 Å². The summed E-state index contributed by atoms with van der Waals surface area (Å²) in [5.74, 6) is 0. The summed E-state index contributed by atoms with van der Waals surface area (Å²) in [5, 5.41) is 3.75. The molecule has 0 saturated heterocycles. The van der Waals surface area contributed by atoms with Gasteiger partial charge in [0.25, 0.3) is 0 Å². The smallest absolute Gasteiger partial charge is 0.0357 e. The summed E-state index contributed by atoms with van der Waals surface area (Å²) < 4.78 is 0. The SMILES string of the molecule is CCCNC(CC1=CCCCC1)c1cc(C)cc(C)c1. The fraction of sp³-hybridized carbons (Fsp3) is 0.579. The van der Waals surface area contributed by atoms with Crippen molar-refractivity contribution in [2.75, 3.05) is 6.54 Å². The normalized spacial score (nSPS) is 16.9. The molecule has 1 N–H and O–H groups in total. The van der Waals surface area contributed by atoms with Crippen LogP contribution in [0.2, 0.25) is 0 Å². The molecule has 0 heterocycles. The van der Waals surface area contributed by atoms with E-state index in [-0.39, 0.29) is 0 Å². The van der Waals surface area contributed by atoms with Crippen LogP contribution in [-0.4, -0.2) is 6.54 Å². The predicted molar refractivity (Wildman–Crippen MR) is 88.1 cm³/mol. The highest BCUT2D eigenvalue weighted by atomic mass is 14.9. The highest BCUT2D eigenvalue weighted by molar-refractivity contribution is 5.31. The Bertz CT molecular complexity index is 439. The molecule has 1 nitrogen and oxygen atoms in total. The molecule has 1 aliphatic rings. The Morgan fingerprint density at radius 3 is 2.45 bits per heavy atom. The van der Waals surface area contributed by atoms with Crippen molar-refractivity contribution >= 4 is 0 Å². The van der Waals surface area contributed by atoms with Gasteiger partial charge in [-0.25, -0.2) is 0 Å². The average Bonchev–Trinajstić information content (AvgIpc) is 2.43. The topological polar surface area (TPSA) is 12.0 Å². The van der Waals surface area contributed by atoms with E-state index >= 15 is 0 Å². The van der Waals surface area contributed by atoms with Crippen LogP contribution >= 0.6 is 0 Å². The zero-order chi connectivity index (χ0) is 14.4. The number of rotatable bonds is 6. The Morgan fingerprint density at radius 1 is 1.10 bits per heavy atom. The summed E-state index contributed by atoms with van der Waals surface area (Å²) >= 11 is 0. The van der Waals surface area contributed by atoms with E-state index in [4.69, 9.17) is 0 Å². The van der Waals surface area contributed by atoms with E-state index in [1.54, 1.807) is 5.57 Å². The van der Waals surface area contributed by atoms with E-state index in [0.29, 0.717) is 6.04 Å². The molecule has 2 rings (SSSR count). The molecule has 0 aliphatic heterocycles. The number of nitrogens with one attached hydrogen (secondary N) is 1. The van der Waals surface area contributed by atoms with Gasteiger partial charge in [0, 0.05) is 6.04 Å². The quantitative estimate of drug-likeness (QED) is 0.698. The Morgan fingerprint density at radius 2 is 1.85 bits per heavy atom. The third-order valence-electron chi connectivity index (χ3n) is 4.14. The van der Waals surface area contributed by atoms with Gasteiger partial charge in [0.1, 0.15) is 0 Å². The van der Waals surface area contributed by atoms with Crippen molar-refractivity contribution < 1.29 is 0 Å². The van der Waals surface area contributed by atoms with Crippen LogP contribution in [0.3, 0.4) is 0 Å². The molecule has 1 unspecified atom stereocenters. The summed E-state index contributed by atoms with van der Waals surface area (Å²) in [7, 11) is 0. The lowest BCUT2D eigenvalue weighted by Crippen LogP contribution is -2.23. The third kappa shape index (κ3) is 4.49. The van der Waals surface area contributed by atoms with Gasteiger partial charge in [0.2, 0.25) is 0 Å². The summed E-state index contributed by atoms with van der Waals surface area (Å²) in [6.07, 6.45) is 10.2. The second-order valence-electron chi connectivity index (χ2n) is 6.24. The highest BCUT2D eigenvalue weighted by Gasteiger charge is 2.15. The maximum atomic E-state index is 3.75. The van der Waals surface area contributed by atoms with Crippen LogP contribution in [0.25, 0.3) is 0 Å². The van der Waals surface area contributed by atoms with Crippen molar-refractivity contribution in [3.63, 3.8) is 0 Å². The minimum absolute atomic E-state index is 0.484. The number of aryl methyl sites for hydroxylation is 2. The second kappa shape index (κ2) is 7.64. The lowest BCUT2D eigenvalue weighted by Gasteiger charge is -2.23. The maximum absolute atomic E-state index is 3.75. The van der Waals surface area contributed by atoms with Gasteiger partial charge in [0.05, 0.1) is 0 Å². The molecule has 1 atom stereocenters. The Hall–Kier alpha value is -1.08. The summed E-state index contributed by atoms with van der Waals surface area (Å²) in [6.45, 7) is 7.75. The standard InChI is InChI=1S/C19H29N/c1-4-10-20-19(14-17-8-6-5-7-9-17)18-12-15(2)11-16(3)13-18/h8,11-13,19-20H,4-7,9-10,14H2,1-3H3. The third-order valence-corrected chi connectivity index (χ3v) is 4.14. The summed E-state index contributed by atoms with van der Waals surface area (Å²) in [6, 6.07) is 7.45. The van der Waals surface area contributed by atoms with Crippen molar-refractivity contribution in [1.29, 1.82) is 0 Å². The molecule has 0 fully saturated rings. The first-order chi connectivity index (χ1) is 9.69. The summed E-state index contributed by atoms with van der Waals surface area (Å²) in [5.41, 5.74) is 5.87. The molecular formula is C19H29N. The first kappa shape index (κ1) is 15.3. The molecule has 1 aromatic carbocycles. The fourth-order valence-corrected chi connectivity index (χ4v) is 3.19. The van der Waals surface area contributed by atoms with Gasteiger partial charge in [-0.1, -0.05) is 47.9 Å². The number of benzene rings is 1. The van der Waals surface area contributed by atoms with Crippen molar-refractivity contribution in [3.8, 4) is 0 Å². The van der Waals surface area contributed by atoms with Crippen molar-refractivity contribution in [2.45, 2.75) is 65.3 Å². The van der Waals surface area contributed by atoms with Crippen LogP contribution < -0.4 is 5.32 Å². The molecule has 0 radical (unpaired) electrons. The number of hydrogen-bond donors (Lipinski definition) is 1. The lowest BCUT2D eigenvalue weighted by molar-refractivity contribution is 0.511. The zero-order valence-corrected chi connectivity index (χ0v) is 13.3. The van der Waals surface area contributed by atoms with Gasteiger partial charge in [-0.05, 0) is 64.5 Å². The minimum Gasteiger partial charge on any atom is -0.310 e. The van der Waals surface area contributed by atoms with E-state index in [2.05, 4.69) is 50.4 Å². The van der Waals surface area contributed by atoms with Crippen LogP contribution in [-0.2, 0) is 0 Å². The summed E-state index contributed by atoms with van der Waals surface area (Å²) in [4.78, 5) is 0. The molecule has 1 aromatic rings. The Kier molecular flexibility index (Phi) is 5.85. The van der Waals surface area contributed by atoms with Crippen LogP contribution in [0, 0.1) is 13.8 Å². The van der Waals surface area contributed by atoms with Gasteiger partial charge in [-0.3, -0.25) is 0 Å². The van der Waals surface area contributed by atoms with Gasteiger partial charge in [-0.2, -0.15) is 0 Å². The number of allylic oxidation sites excluding steroid dienone is 1. The Labute approximate surface area is 124 Å². The fourth-order valence-electron chi connectivity index (χ4n) is 3.19. The largest absolute Gasteiger partial charge is 0.310 e. The maximum Gasteiger partial charge on any atom is 0.0357 e. The van der Waals surface area contributed by atoms with Crippen LogP contribution in [0.15, 0.2) is 29.8 Å². The molecule has 1 heteroatoms. The van der Waals surface area contributed by atoms with Crippen molar-refractivity contribution in [1.82, 2.24) is 5.32 Å². The molecule has 0 spiro atoms. The second-order valence-corrected chi connectivity index (χ2v) is 6.24. The predicted octanol–water partition coefficient (Wildman–Crippen LogP) is 5.23. The van der Waals surface area contributed by atoms with E-state index in [1.807, 2.05) is 0 Å². The highest BCUT2D eigenvalue weighted by Crippen LogP contribution is 2.28.